The van der Waals surface area contributed by atoms with Gasteiger partial charge in [-0.25, -0.2) is 0 Å². The molecule has 2 saturated carbocycles. The first-order valence-corrected chi connectivity index (χ1v) is 16.4. The lowest BCUT2D eigenvalue weighted by atomic mass is 9.88. The van der Waals surface area contributed by atoms with E-state index in [4.69, 9.17) is 31.6 Å². The minimum Gasteiger partial charge on any atom is -0.398 e. The summed E-state index contributed by atoms with van der Waals surface area (Å²) in [6, 6.07) is 2.03. The van der Waals surface area contributed by atoms with Gasteiger partial charge in [-0.3, -0.25) is 0 Å². The Morgan fingerprint density at radius 1 is 0.613 bits per heavy atom. The van der Waals surface area contributed by atoms with E-state index in [9.17, 15) is 0 Å². The molecular weight excluding hydrogens is 432 g/mol. The van der Waals surface area contributed by atoms with Crippen molar-refractivity contribution in [1.82, 2.24) is 0 Å². The predicted molar refractivity (Wildman–Crippen MR) is 123 cm³/mol. The second kappa shape index (κ2) is 11.5. The standard InChI is InChI=1S/C11H22O4Si.C11H22O3Si/c1-12-16(13-2,14-3)7-6-9-4-5-10-11(8-9)15-10;1-12-15(3,13-2)7-6-9-4-5-10-11(8-9)14-10/h9-11H,4-8H2,1-3H3;9-11H,4-8H2,1-3H3. The highest BCUT2D eigenvalue weighted by Crippen LogP contribution is 2.42. The Morgan fingerprint density at radius 2 is 1.06 bits per heavy atom. The SMILES string of the molecule is CO[Si](C)(CCC1CCC2OC2C1)OC.CO[Si](CCC1CCC2OC2C1)(OC)OC. The minimum absolute atomic E-state index is 0.558. The summed E-state index contributed by atoms with van der Waals surface area (Å²) in [5.41, 5.74) is 0. The van der Waals surface area contributed by atoms with Crippen molar-refractivity contribution < 1.29 is 31.6 Å². The summed E-state index contributed by atoms with van der Waals surface area (Å²) in [7, 11) is 4.41. The highest BCUT2D eigenvalue weighted by molar-refractivity contribution is 6.65. The molecule has 0 amide bonds. The lowest BCUT2D eigenvalue weighted by Gasteiger charge is -2.27. The van der Waals surface area contributed by atoms with Crippen LogP contribution in [-0.4, -0.2) is 77.3 Å². The average molecular weight is 477 g/mol. The molecule has 0 N–H and O–H groups in total. The van der Waals surface area contributed by atoms with E-state index in [1.807, 2.05) is 0 Å². The molecule has 0 aromatic heterocycles. The van der Waals surface area contributed by atoms with Crippen LogP contribution in [0.1, 0.15) is 51.4 Å². The molecule has 9 heteroatoms. The fraction of sp³-hybridized carbons (Fsp3) is 1.00. The summed E-state index contributed by atoms with van der Waals surface area (Å²) < 4.78 is 38.4. The molecule has 4 fully saturated rings. The third-order valence-corrected chi connectivity index (χ3v) is 13.6. The van der Waals surface area contributed by atoms with E-state index in [1.165, 1.54) is 44.9 Å². The maximum absolute atomic E-state index is 5.54. The second-order valence-corrected chi connectivity index (χ2v) is 16.4. The molecule has 2 aliphatic carbocycles. The number of epoxide rings is 2. The molecule has 0 aromatic rings. The van der Waals surface area contributed by atoms with Crippen molar-refractivity contribution in [2.75, 3.05) is 35.5 Å². The molecule has 0 aromatic carbocycles. The van der Waals surface area contributed by atoms with Gasteiger partial charge in [0.05, 0.1) is 24.4 Å². The van der Waals surface area contributed by atoms with Crippen molar-refractivity contribution in [1.29, 1.82) is 0 Å². The van der Waals surface area contributed by atoms with Gasteiger partial charge in [0.1, 0.15) is 0 Å². The average Bonchev–Trinajstić information content (AvgIpc) is 3.73. The van der Waals surface area contributed by atoms with Crippen molar-refractivity contribution in [3.05, 3.63) is 0 Å². The summed E-state index contributed by atoms with van der Waals surface area (Å²) in [5.74, 6) is 1.60. The minimum atomic E-state index is -2.35. The second-order valence-electron chi connectivity index (χ2n) is 9.70. The normalized spacial score (nSPS) is 34.3. The van der Waals surface area contributed by atoms with Crippen LogP contribution in [0.4, 0.5) is 0 Å². The number of hydrogen-bond donors (Lipinski definition) is 0. The number of hydrogen-bond acceptors (Lipinski definition) is 7. The van der Waals surface area contributed by atoms with Gasteiger partial charge in [0.25, 0.3) is 0 Å². The largest absolute Gasteiger partial charge is 0.500 e. The molecule has 7 nitrogen and oxygen atoms in total. The van der Waals surface area contributed by atoms with Crippen LogP contribution < -0.4 is 0 Å². The van der Waals surface area contributed by atoms with Gasteiger partial charge in [-0.2, -0.15) is 0 Å². The van der Waals surface area contributed by atoms with Crippen molar-refractivity contribution in [3.63, 3.8) is 0 Å². The van der Waals surface area contributed by atoms with Crippen LogP contribution in [0.25, 0.3) is 0 Å². The van der Waals surface area contributed by atoms with E-state index in [2.05, 4.69) is 6.55 Å². The van der Waals surface area contributed by atoms with Crippen LogP contribution in [0.5, 0.6) is 0 Å². The highest BCUT2D eigenvalue weighted by atomic mass is 28.4. The third kappa shape index (κ3) is 7.32. The van der Waals surface area contributed by atoms with Crippen LogP contribution in [0.2, 0.25) is 18.6 Å². The lowest BCUT2D eigenvalue weighted by molar-refractivity contribution is 0.120. The molecule has 6 atom stereocenters. The van der Waals surface area contributed by atoms with Crippen molar-refractivity contribution in [3.8, 4) is 0 Å². The summed E-state index contributed by atoms with van der Waals surface area (Å²) in [5, 5.41) is 0. The van der Waals surface area contributed by atoms with Crippen LogP contribution >= 0.6 is 0 Å². The zero-order valence-electron chi connectivity index (χ0n) is 20.4. The smallest absolute Gasteiger partial charge is 0.398 e. The number of fused-ring (bicyclic) bond motifs is 2. The molecule has 0 spiro atoms. The topological polar surface area (TPSA) is 71.2 Å². The summed E-state index contributed by atoms with van der Waals surface area (Å²) >= 11 is 0. The molecular formula is C22H44O7Si2. The van der Waals surface area contributed by atoms with Gasteiger partial charge in [-0.05, 0) is 75.8 Å². The Balaban J connectivity index is 0.000000176. The molecule has 2 aliphatic heterocycles. The Hall–Kier alpha value is 0.154. The number of rotatable bonds is 11. The first-order valence-electron chi connectivity index (χ1n) is 12.0. The van der Waals surface area contributed by atoms with Crippen LogP contribution in [0.15, 0.2) is 0 Å². The quantitative estimate of drug-likeness (QED) is 0.328. The number of ether oxygens (including phenoxy) is 2. The zero-order chi connectivity index (χ0) is 22.5. The Morgan fingerprint density at radius 3 is 1.45 bits per heavy atom. The van der Waals surface area contributed by atoms with E-state index in [-0.39, 0.29) is 0 Å². The Kier molecular flexibility index (Phi) is 9.58. The monoisotopic (exact) mass is 476 g/mol. The van der Waals surface area contributed by atoms with Crippen LogP contribution in [0.3, 0.4) is 0 Å². The molecule has 182 valence electrons. The molecule has 2 saturated heterocycles. The molecule has 31 heavy (non-hydrogen) atoms. The van der Waals surface area contributed by atoms with Crippen LogP contribution in [-0.2, 0) is 31.6 Å². The predicted octanol–water partition coefficient (Wildman–Crippen LogP) is 4.13. The molecule has 0 bridgehead atoms. The summed E-state index contributed by atoms with van der Waals surface area (Å²) in [6.45, 7) is 2.15. The van der Waals surface area contributed by atoms with Crippen molar-refractivity contribution in [2.24, 2.45) is 11.8 Å². The van der Waals surface area contributed by atoms with Gasteiger partial charge in [-0.15, -0.1) is 0 Å². The molecule has 4 rings (SSSR count). The van der Waals surface area contributed by atoms with Crippen LogP contribution in [0, 0.1) is 11.8 Å². The van der Waals surface area contributed by atoms with E-state index in [0.717, 1.165) is 30.3 Å². The maximum atomic E-state index is 5.54. The van der Waals surface area contributed by atoms with E-state index >= 15 is 0 Å². The van der Waals surface area contributed by atoms with Gasteiger partial charge >= 0.3 is 17.4 Å². The van der Waals surface area contributed by atoms with E-state index in [0.29, 0.717) is 24.4 Å². The Bertz CT molecular complexity index is 536. The first-order chi connectivity index (χ1) is 14.9. The van der Waals surface area contributed by atoms with Crippen molar-refractivity contribution in [2.45, 2.75) is 94.4 Å². The van der Waals surface area contributed by atoms with Gasteiger partial charge in [-0.1, -0.05) is 0 Å². The lowest BCUT2D eigenvalue weighted by Crippen LogP contribution is -2.43. The van der Waals surface area contributed by atoms with Crippen molar-refractivity contribution >= 4 is 17.4 Å². The first kappa shape index (κ1) is 25.8. The summed E-state index contributed by atoms with van der Waals surface area (Å²) in [6.07, 6.45) is 12.3. The highest BCUT2D eigenvalue weighted by Gasteiger charge is 2.46. The van der Waals surface area contributed by atoms with Gasteiger partial charge in [0.15, 0.2) is 0 Å². The van der Waals surface area contributed by atoms with Gasteiger partial charge in [0, 0.05) is 41.6 Å². The van der Waals surface area contributed by atoms with E-state index < -0.39 is 17.4 Å². The molecule has 4 aliphatic rings. The summed E-state index contributed by atoms with van der Waals surface area (Å²) in [4.78, 5) is 0. The van der Waals surface area contributed by atoms with Gasteiger partial charge < -0.3 is 31.6 Å². The van der Waals surface area contributed by atoms with Gasteiger partial charge in [0.2, 0.25) is 0 Å². The fourth-order valence-corrected chi connectivity index (χ4v) is 8.57. The maximum Gasteiger partial charge on any atom is 0.500 e. The van der Waals surface area contributed by atoms with E-state index in [1.54, 1.807) is 35.5 Å². The molecule has 2 heterocycles. The third-order valence-electron chi connectivity index (χ3n) is 7.89. The fourth-order valence-electron chi connectivity index (χ4n) is 5.19. The Labute approximate surface area is 191 Å². The zero-order valence-corrected chi connectivity index (χ0v) is 22.4. The molecule has 6 unspecified atom stereocenters. The molecule has 0 radical (unpaired) electrons.